The Morgan fingerprint density at radius 1 is 0.919 bits per heavy atom. The van der Waals surface area contributed by atoms with E-state index in [-0.39, 0.29) is 34.8 Å². The first-order valence-corrected chi connectivity index (χ1v) is 13.0. The Morgan fingerprint density at radius 3 is 2.41 bits per heavy atom. The molecule has 1 aromatic heterocycles. The summed E-state index contributed by atoms with van der Waals surface area (Å²) in [6.45, 7) is 3.88. The number of Topliss-reactive ketones (excluding diaryl/α,β-unsaturated/α-hetero) is 1. The number of phenolic OH excluding ortho intramolecular Hbond substituents is 1. The molecule has 9 heteroatoms. The molecule has 0 bridgehead atoms. The molecule has 9 nitrogen and oxygen atoms in total. The van der Waals surface area contributed by atoms with Crippen molar-refractivity contribution >= 4 is 28.5 Å². The molecular weight excluding hydrogens is 470 g/mol. The normalized spacial score (nSPS) is 18.5. The van der Waals surface area contributed by atoms with Gasteiger partial charge in [-0.3, -0.25) is 19.5 Å². The van der Waals surface area contributed by atoms with Crippen molar-refractivity contribution < 1.29 is 19.5 Å². The molecule has 192 valence electrons. The van der Waals surface area contributed by atoms with E-state index in [1.54, 1.807) is 11.0 Å². The monoisotopic (exact) mass is 501 g/mol. The first-order chi connectivity index (χ1) is 17.9. The molecule has 2 N–H and O–H groups in total. The van der Waals surface area contributed by atoms with Crippen LogP contribution in [0.25, 0.3) is 10.9 Å². The molecular formula is C28H31N5O4. The van der Waals surface area contributed by atoms with E-state index in [0.717, 1.165) is 49.9 Å². The van der Waals surface area contributed by atoms with Crippen LogP contribution in [0.2, 0.25) is 0 Å². The number of aromatic hydroxyl groups is 1. The molecule has 1 saturated heterocycles. The van der Waals surface area contributed by atoms with E-state index in [0.29, 0.717) is 48.3 Å². The lowest BCUT2D eigenvalue weighted by molar-refractivity contribution is 0.0663. The number of piperazine rings is 1. The minimum Gasteiger partial charge on any atom is -0.507 e. The van der Waals surface area contributed by atoms with Gasteiger partial charge < -0.3 is 19.8 Å². The molecule has 3 aromatic rings. The van der Waals surface area contributed by atoms with Gasteiger partial charge in [0.2, 0.25) is 0 Å². The molecule has 0 atom stereocenters. The molecule has 0 spiro atoms. The van der Waals surface area contributed by atoms with Gasteiger partial charge in [0.15, 0.2) is 5.78 Å². The van der Waals surface area contributed by atoms with Crippen molar-refractivity contribution in [2.45, 2.75) is 38.8 Å². The number of likely N-dealkylation sites (N-methyl/N-ethyl adjacent to an activating group) is 1. The molecule has 0 unspecified atom stereocenters. The summed E-state index contributed by atoms with van der Waals surface area (Å²) in [5.41, 5.74) is 3.59. The third-order valence-corrected chi connectivity index (χ3v) is 8.12. The summed E-state index contributed by atoms with van der Waals surface area (Å²) in [4.78, 5) is 45.3. The first kappa shape index (κ1) is 23.7. The minimum absolute atomic E-state index is 0.000960. The van der Waals surface area contributed by atoms with Crippen LogP contribution in [0.3, 0.4) is 0 Å². The number of benzene rings is 2. The van der Waals surface area contributed by atoms with Crippen LogP contribution in [0.5, 0.6) is 5.75 Å². The van der Waals surface area contributed by atoms with Gasteiger partial charge in [-0.25, -0.2) is 0 Å². The summed E-state index contributed by atoms with van der Waals surface area (Å²) >= 11 is 0. The van der Waals surface area contributed by atoms with Crippen molar-refractivity contribution in [2.75, 3.05) is 33.2 Å². The van der Waals surface area contributed by atoms with Crippen LogP contribution in [-0.2, 0) is 13.1 Å². The number of hydrogen-bond donors (Lipinski definition) is 2. The molecule has 6 rings (SSSR count). The quantitative estimate of drug-likeness (QED) is 0.532. The maximum atomic E-state index is 13.5. The Kier molecular flexibility index (Phi) is 5.95. The van der Waals surface area contributed by atoms with E-state index in [1.807, 2.05) is 23.1 Å². The third-order valence-electron chi connectivity index (χ3n) is 8.12. The molecule has 1 saturated carbocycles. The molecule has 2 amide bonds. The van der Waals surface area contributed by atoms with Gasteiger partial charge in [-0.1, -0.05) is 18.9 Å². The second-order valence-corrected chi connectivity index (χ2v) is 10.6. The fourth-order valence-electron chi connectivity index (χ4n) is 5.83. The van der Waals surface area contributed by atoms with Gasteiger partial charge >= 0.3 is 0 Å². The topological polar surface area (TPSA) is 110 Å². The van der Waals surface area contributed by atoms with E-state index in [4.69, 9.17) is 0 Å². The molecule has 1 aliphatic carbocycles. The number of fused-ring (bicyclic) bond motifs is 2. The van der Waals surface area contributed by atoms with Gasteiger partial charge in [0.05, 0.1) is 11.1 Å². The smallest absolute Gasteiger partial charge is 0.258 e. The van der Waals surface area contributed by atoms with Crippen molar-refractivity contribution in [1.29, 1.82) is 0 Å². The second kappa shape index (κ2) is 9.30. The van der Waals surface area contributed by atoms with Gasteiger partial charge in [0.1, 0.15) is 11.4 Å². The van der Waals surface area contributed by atoms with E-state index in [9.17, 15) is 19.5 Å². The zero-order valence-electron chi connectivity index (χ0n) is 21.0. The maximum absolute atomic E-state index is 13.5. The summed E-state index contributed by atoms with van der Waals surface area (Å²) < 4.78 is 0. The molecule has 2 fully saturated rings. The van der Waals surface area contributed by atoms with Crippen molar-refractivity contribution in [3.8, 4) is 5.75 Å². The number of carbonyl (C=O) groups excluding carboxylic acids is 3. The lowest BCUT2D eigenvalue weighted by atomic mass is 9.97. The zero-order chi connectivity index (χ0) is 25.7. The summed E-state index contributed by atoms with van der Waals surface area (Å²) in [5.74, 6) is -0.483. The Bertz CT molecular complexity index is 1400. The van der Waals surface area contributed by atoms with Gasteiger partial charge in [0, 0.05) is 62.2 Å². The van der Waals surface area contributed by atoms with Crippen LogP contribution >= 0.6 is 0 Å². The van der Waals surface area contributed by atoms with Crippen molar-refractivity contribution in [3.63, 3.8) is 0 Å². The maximum Gasteiger partial charge on any atom is 0.258 e. The average molecular weight is 502 g/mol. The molecule has 0 radical (unpaired) electrons. The number of nitrogens with zero attached hydrogens (tertiary/aromatic N) is 4. The van der Waals surface area contributed by atoms with Gasteiger partial charge in [-0.05, 0) is 49.2 Å². The summed E-state index contributed by atoms with van der Waals surface area (Å²) in [5, 5.41) is 18.3. The SMILES string of the molecule is CN1CCN(C(=O)c2ccc3c(c2)CN(C(=O)c2cc4c(C(=O)C5CCCC5)n[nH]c4cc2O)C3)CC1. The van der Waals surface area contributed by atoms with Gasteiger partial charge in [-0.2, -0.15) is 5.10 Å². The van der Waals surface area contributed by atoms with Gasteiger partial charge in [0.25, 0.3) is 11.8 Å². The third kappa shape index (κ3) is 4.27. The minimum atomic E-state index is -0.317. The molecule has 3 aliphatic rings. The molecule has 3 heterocycles. The molecule has 37 heavy (non-hydrogen) atoms. The number of hydrogen-bond acceptors (Lipinski definition) is 6. The van der Waals surface area contributed by atoms with Crippen molar-refractivity contribution in [3.05, 3.63) is 58.3 Å². The van der Waals surface area contributed by atoms with E-state index in [2.05, 4.69) is 22.1 Å². The Balaban J connectivity index is 1.22. The summed E-state index contributed by atoms with van der Waals surface area (Å²) in [6.07, 6.45) is 3.81. The fraction of sp³-hybridized carbons (Fsp3) is 0.429. The average Bonchev–Trinajstić information content (AvgIpc) is 3.66. The van der Waals surface area contributed by atoms with E-state index in [1.165, 1.54) is 6.07 Å². The molecule has 2 aliphatic heterocycles. The Labute approximate surface area is 215 Å². The van der Waals surface area contributed by atoms with Gasteiger partial charge in [-0.15, -0.1) is 0 Å². The number of nitrogens with one attached hydrogen (secondary N) is 1. The van der Waals surface area contributed by atoms with Crippen LogP contribution in [-0.4, -0.2) is 80.8 Å². The fourth-order valence-corrected chi connectivity index (χ4v) is 5.83. The highest BCUT2D eigenvalue weighted by Crippen LogP contribution is 2.33. The number of H-pyrrole nitrogens is 1. The van der Waals surface area contributed by atoms with Crippen LogP contribution in [0.4, 0.5) is 0 Å². The van der Waals surface area contributed by atoms with Crippen molar-refractivity contribution in [2.24, 2.45) is 5.92 Å². The lowest BCUT2D eigenvalue weighted by Crippen LogP contribution is -2.47. The number of aromatic nitrogens is 2. The predicted octanol–water partition coefficient (Wildman–Crippen LogP) is 3.19. The summed E-state index contributed by atoms with van der Waals surface area (Å²) in [7, 11) is 2.05. The van der Waals surface area contributed by atoms with Crippen LogP contribution in [0, 0.1) is 5.92 Å². The number of ketones is 1. The van der Waals surface area contributed by atoms with Crippen LogP contribution in [0.15, 0.2) is 30.3 Å². The van der Waals surface area contributed by atoms with Crippen LogP contribution < -0.4 is 0 Å². The Morgan fingerprint density at radius 2 is 1.65 bits per heavy atom. The van der Waals surface area contributed by atoms with E-state index >= 15 is 0 Å². The Hall–Kier alpha value is -3.72. The predicted molar refractivity (Wildman–Crippen MR) is 137 cm³/mol. The molecule has 2 aromatic carbocycles. The second-order valence-electron chi connectivity index (χ2n) is 10.6. The first-order valence-electron chi connectivity index (χ1n) is 13.0. The van der Waals surface area contributed by atoms with Crippen LogP contribution in [0.1, 0.15) is 68.0 Å². The number of amides is 2. The lowest BCUT2D eigenvalue weighted by Gasteiger charge is -2.32. The summed E-state index contributed by atoms with van der Waals surface area (Å²) in [6, 6.07) is 8.70. The standard InChI is InChI=1S/C28H31N5O4/c1-31-8-10-32(11-9-31)27(36)18-6-7-19-15-33(16-20(19)12-18)28(37)22-13-21-23(14-24(22)34)29-30-25(21)26(35)17-4-2-3-5-17/h6-7,12-14,17,34H,2-5,8-11,15-16H2,1H3,(H,29,30). The van der Waals surface area contributed by atoms with E-state index < -0.39 is 0 Å². The number of aromatic amines is 1. The number of carbonyl (C=O) groups is 3. The zero-order valence-corrected chi connectivity index (χ0v) is 21.0. The van der Waals surface area contributed by atoms with Crippen molar-refractivity contribution in [1.82, 2.24) is 24.9 Å². The highest BCUT2D eigenvalue weighted by atomic mass is 16.3. The largest absolute Gasteiger partial charge is 0.507 e. The highest BCUT2D eigenvalue weighted by molar-refractivity contribution is 6.10. The number of phenols is 1. The highest BCUT2D eigenvalue weighted by Gasteiger charge is 2.31. The number of rotatable bonds is 4.